The summed E-state index contributed by atoms with van der Waals surface area (Å²) < 4.78 is 0. The number of hydrogen-bond acceptors (Lipinski definition) is 1. The molecule has 0 atom stereocenters. The Balaban J connectivity index is 2.91. The van der Waals surface area contributed by atoms with Crippen LogP contribution in [0.25, 0.3) is 0 Å². The Morgan fingerprint density at radius 3 is 1.54 bits per heavy atom. The fraction of sp³-hybridized carbons (Fsp3) is 1.00. The molecular weight excluding hydrogens is 157 g/mol. The molecule has 1 aliphatic rings. The van der Waals surface area contributed by atoms with Gasteiger partial charge < -0.3 is 4.81 Å². The molecule has 0 aromatic heterocycles. The lowest BCUT2D eigenvalue weighted by atomic mass is 9.58. The van der Waals surface area contributed by atoms with E-state index in [9.17, 15) is 0 Å². The van der Waals surface area contributed by atoms with Crippen LogP contribution in [0, 0.1) is 0 Å². The lowest BCUT2D eigenvalue weighted by Gasteiger charge is -2.55. The molecule has 1 fully saturated rings. The molecule has 1 saturated heterocycles. The van der Waals surface area contributed by atoms with Crippen molar-refractivity contribution in [1.29, 1.82) is 0 Å². The molecule has 1 aliphatic heterocycles. The van der Waals surface area contributed by atoms with E-state index in [0.717, 1.165) is 0 Å². The molecule has 0 saturated carbocycles. The van der Waals surface area contributed by atoms with Crippen LogP contribution in [-0.2, 0) is 0 Å². The molecule has 13 heavy (non-hydrogen) atoms. The summed E-state index contributed by atoms with van der Waals surface area (Å²) in [4.78, 5) is 2.68. The average molecular weight is 181 g/mol. The first-order valence-electron chi connectivity index (χ1n) is 5.57. The van der Waals surface area contributed by atoms with Crippen molar-refractivity contribution in [3.63, 3.8) is 0 Å². The Hall–Kier alpha value is 0.0249. The van der Waals surface area contributed by atoms with Crippen LogP contribution in [-0.4, -0.2) is 22.7 Å². The number of nitrogens with zero attached hydrogens (tertiary/aromatic N) is 1. The van der Waals surface area contributed by atoms with E-state index < -0.39 is 0 Å². The summed E-state index contributed by atoms with van der Waals surface area (Å²) in [5.74, 6) is 0. The Morgan fingerprint density at radius 2 is 1.31 bits per heavy atom. The lowest BCUT2D eigenvalue weighted by molar-refractivity contribution is 0.0498. The minimum absolute atomic E-state index is 0.385. The van der Waals surface area contributed by atoms with E-state index in [-0.39, 0.29) is 0 Å². The average Bonchev–Trinajstić information content (AvgIpc) is 1.79. The third-order valence-corrected chi connectivity index (χ3v) is 3.40. The summed E-state index contributed by atoms with van der Waals surface area (Å²) in [6.07, 6.45) is 4.06. The van der Waals surface area contributed by atoms with Gasteiger partial charge in [0.05, 0.1) is 0 Å². The summed E-state index contributed by atoms with van der Waals surface area (Å²) in [5, 5.41) is 0. The maximum absolute atomic E-state index is 2.68. The molecule has 2 heteroatoms. The van der Waals surface area contributed by atoms with Crippen LogP contribution >= 0.6 is 0 Å². The van der Waals surface area contributed by atoms with Gasteiger partial charge in [-0.25, -0.2) is 0 Å². The van der Waals surface area contributed by atoms with Crippen molar-refractivity contribution in [2.45, 2.75) is 71.7 Å². The predicted octanol–water partition coefficient (Wildman–Crippen LogP) is 3.28. The second-order valence-corrected chi connectivity index (χ2v) is 5.94. The van der Waals surface area contributed by atoms with Crippen LogP contribution in [0.1, 0.15) is 47.0 Å². The van der Waals surface area contributed by atoms with Gasteiger partial charge in [0.1, 0.15) is 0 Å². The van der Waals surface area contributed by atoms with E-state index in [1.165, 1.54) is 19.3 Å². The molecule has 0 aromatic carbocycles. The van der Waals surface area contributed by atoms with Crippen molar-refractivity contribution in [3.8, 4) is 0 Å². The normalized spacial score (nSPS) is 27.2. The molecule has 0 amide bonds. The van der Waals surface area contributed by atoms with Gasteiger partial charge in [-0.15, -0.1) is 0 Å². The van der Waals surface area contributed by atoms with Crippen LogP contribution in [0.5, 0.6) is 0 Å². The highest BCUT2D eigenvalue weighted by Gasteiger charge is 2.42. The molecule has 0 bridgehead atoms. The first kappa shape index (κ1) is 11.1. The Labute approximate surface area is 84.0 Å². The summed E-state index contributed by atoms with van der Waals surface area (Å²) in [6, 6.07) is 0. The summed E-state index contributed by atoms with van der Waals surface area (Å²) >= 11 is 0. The molecule has 76 valence electrons. The van der Waals surface area contributed by atoms with Crippen LogP contribution in [0.3, 0.4) is 0 Å². The quantitative estimate of drug-likeness (QED) is 0.561. The van der Waals surface area contributed by atoms with Crippen molar-refractivity contribution in [2.24, 2.45) is 0 Å². The van der Waals surface area contributed by atoms with Crippen molar-refractivity contribution >= 4 is 6.85 Å². The van der Waals surface area contributed by atoms with Crippen molar-refractivity contribution in [2.75, 3.05) is 0 Å². The zero-order chi connectivity index (χ0) is 10.3. The summed E-state index contributed by atoms with van der Waals surface area (Å²) in [5.41, 5.74) is 0.770. The van der Waals surface area contributed by atoms with Crippen LogP contribution in [0.2, 0.25) is 13.6 Å². The highest BCUT2D eigenvalue weighted by Crippen LogP contribution is 2.38. The van der Waals surface area contributed by atoms with Crippen molar-refractivity contribution < 1.29 is 0 Å². The molecule has 1 heterocycles. The smallest absolute Gasteiger partial charge is 0.217 e. The van der Waals surface area contributed by atoms with Crippen molar-refractivity contribution in [3.05, 3.63) is 0 Å². The Bertz CT molecular complexity index is 169. The van der Waals surface area contributed by atoms with E-state index >= 15 is 0 Å². The SMILES string of the molecule is CB(C)N1C(C)(C)CCCC1(C)C. The predicted molar refractivity (Wildman–Crippen MR) is 61.3 cm³/mol. The summed E-state index contributed by atoms with van der Waals surface area (Å²) in [7, 11) is 0. The van der Waals surface area contributed by atoms with Gasteiger partial charge in [-0.1, -0.05) is 13.6 Å². The first-order chi connectivity index (χ1) is 5.77. The van der Waals surface area contributed by atoms with E-state index in [2.05, 4.69) is 46.2 Å². The monoisotopic (exact) mass is 181 g/mol. The molecule has 0 aliphatic carbocycles. The third-order valence-electron chi connectivity index (χ3n) is 3.40. The highest BCUT2D eigenvalue weighted by atomic mass is 15.2. The minimum atomic E-state index is 0.385. The highest BCUT2D eigenvalue weighted by molar-refractivity contribution is 6.53. The summed E-state index contributed by atoms with van der Waals surface area (Å²) in [6.45, 7) is 14.8. The van der Waals surface area contributed by atoms with Gasteiger partial charge in [-0.2, -0.15) is 0 Å². The fourth-order valence-corrected chi connectivity index (χ4v) is 3.41. The molecule has 0 aromatic rings. The molecular formula is C11H24BN. The third kappa shape index (κ3) is 2.09. The standard InChI is InChI=1S/C11H24BN/c1-10(2)8-7-9-11(3,4)13(10)12(5)6/h7-9H2,1-6H3. The number of rotatable bonds is 1. The zero-order valence-corrected chi connectivity index (χ0v) is 10.1. The van der Waals surface area contributed by atoms with Crippen LogP contribution in [0.4, 0.5) is 0 Å². The van der Waals surface area contributed by atoms with Crippen molar-refractivity contribution in [1.82, 2.24) is 4.81 Å². The topological polar surface area (TPSA) is 3.24 Å². The molecule has 0 radical (unpaired) electrons. The van der Waals surface area contributed by atoms with Gasteiger partial charge in [-0.05, 0) is 47.0 Å². The number of piperidine rings is 1. The van der Waals surface area contributed by atoms with E-state index in [1.807, 2.05) is 0 Å². The van der Waals surface area contributed by atoms with Gasteiger partial charge >= 0.3 is 0 Å². The fourth-order valence-electron chi connectivity index (χ4n) is 3.41. The van der Waals surface area contributed by atoms with Crippen LogP contribution < -0.4 is 0 Å². The Morgan fingerprint density at radius 1 is 0.923 bits per heavy atom. The van der Waals surface area contributed by atoms with Gasteiger partial charge in [0.15, 0.2) is 0 Å². The Kier molecular flexibility index (Phi) is 2.82. The largest absolute Gasteiger partial charge is 0.333 e. The van der Waals surface area contributed by atoms with Gasteiger partial charge in [0.25, 0.3) is 0 Å². The zero-order valence-electron chi connectivity index (χ0n) is 10.1. The van der Waals surface area contributed by atoms with E-state index in [0.29, 0.717) is 17.9 Å². The van der Waals surface area contributed by atoms with Crippen LogP contribution in [0.15, 0.2) is 0 Å². The lowest BCUT2D eigenvalue weighted by Crippen LogP contribution is -2.62. The van der Waals surface area contributed by atoms with Gasteiger partial charge in [-0.3, -0.25) is 0 Å². The molecule has 1 nitrogen and oxygen atoms in total. The first-order valence-corrected chi connectivity index (χ1v) is 5.57. The van der Waals surface area contributed by atoms with Gasteiger partial charge in [0.2, 0.25) is 6.85 Å². The van der Waals surface area contributed by atoms with E-state index in [4.69, 9.17) is 0 Å². The molecule has 0 N–H and O–H groups in total. The van der Waals surface area contributed by atoms with Gasteiger partial charge in [0, 0.05) is 11.1 Å². The second kappa shape index (κ2) is 3.31. The molecule has 0 spiro atoms. The van der Waals surface area contributed by atoms with E-state index in [1.54, 1.807) is 0 Å². The maximum Gasteiger partial charge on any atom is 0.217 e. The second-order valence-electron chi connectivity index (χ2n) is 5.94. The minimum Gasteiger partial charge on any atom is -0.333 e. The maximum atomic E-state index is 2.68. The number of hydrogen-bond donors (Lipinski definition) is 0. The molecule has 1 rings (SSSR count). The molecule has 0 unspecified atom stereocenters.